The number of guanidine groups is 1. The molecule has 2 saturated heterocycles. The third-order valence-electron chi connectivity index (χ3n) is 6.03. The number of anilines is 1. The smallest absolute Gasteiger partial charge is 0.191 e. The average Bonchev–Trinajstić information content (AvgIpc) is 3.22. The fourth-order valence-corrected chi connectivity index (χ4v) is 4.28. The molecule has 2 unspecified atom stereocenters. The van der Waals surface area contributed by atoms with Gasteiger partial charge in [0.25, 0.3) is 0 Å². The Morgan fingerprint density at radius 1 is 1.20 bits per heavy atom. The van der Waals surface area contributed by atoms with Crippen molar-refractivity contribution in [2.45, 2.75) is 26.3 Å². The Morgan fingerprint density at radius 3 is 2.70 bits per heavy atom. The topological polar surface area (TPSA) is 55.4 Å². The molecule has 2 fully saturated rings. The van der Waals surface area contributed by atoms with Crippen LogP contribution in [0.15, 0.2) is 29.3 Å². The lowest BCUT2D eigenvalue weighted by Crippen LogP contribution is -2.46. The summed E-state index contributed by atoms with van der Waals surface area (Å²) < 4.78 is 5.54. The van der Waals surface area contributed by atoms with Crippen molar-refractivity contribution in [1.29, 1.82) is 0 Å². The first-order valence-corrected chi connectivity index (χ1v) is 11.4. The van der Waals surface area contributed by atoms with Crippen molar-refractivity contribution >= 4 is 11.6 Å². The van der Waals surface area contributed by atoms with Crippen LogP contribution in [-0.4, -0.2) is 94.9 Å². The molecule has 2 N–H and O–H groups in total. The van der Waals surface area contributed by atoms with Crippen molar-refractivity contribution in [1.82, 2.24) is 20.4 Å². The number of hydrogen-bond acceptors (Lipinski definition) is 5. The normalized spacial score (nSPS) is 22.2. The van der Waals surface area contributed by atoms with Crippen LogP contribution in [-0.2, 0) is 0 Å². The summed E-state index contributed by atoms with van der Waals surface area (Å²) in [5.74, 6) is 2.43. The molecule has 0 bridgehead atoms. The van der Waals surface area contributed by atoms with Crippen LogP contribution in [0.5, 0.6) is 5.75 Å². The van der Waals surface area contributed by atoms with Crippen LogP contribution in [0.2, 0.25) is 0 Å². The van der Waals surface area contributed by atoms with Crippen LogP contribution in [0, 0.1) is 5.92 Å². The van der Waals surface area contributed by atoms with E-state index in [-0.39, 0.29) is 0 Å². The number of aliphatic imine (C=N–C) groups is 1. The van der Waals surface area contributed by atoms with Crippen molar-refractivity contribution in [3.05, 3.63) is 24.3 Å². The summed E-state index contributed by atoms with van der Waals surface area (Å²) in [6.45, 7) is 14.0. The number of likely N-dealkylation sites (N-methyl/N-ethyl adjacent to an activating group) is 1. The molecule has 2 aliphatic rings. The van der Waals surface area contributed by atoms with Gasteiger partial charge >= 0.3 is 0 Å². The molecular weight excluding hydrogens is 376 g/mol. The second-order valence-corrected chi connectivity index (χ2v) is 8.68. The first-order valence-electron chi connectivity index (χ1n) is 11.4. The van der Waals surface area contributed by atoms with Crippen LogP contribution in [0.3, 0.4) is 0 Å². The van der Waals surface area contributed by atoms with E-state index in [1.54, 1.807) is 7.11 Å². The SMILES string of the molecule is CCNC(=NCC(C)CN1CCN(C)CC1)NC1CCN(c2ccccc2OC)C1. The average molecular weight is 417 g/mol. The number of piperazine rings is 1. The molecule has 168 valence electrons. The quantitative estimate of drug-likeness (QED) is 0.497. The number of benzene rings is 1. The van der Waals surface area contributed by atoms with Crippen molar-refractivity contribution < 1.29 is 4.74 Å². The van der Waals surface area contributed by atoms with Gasteiger partial charge in [0.2, 0.25) is 0 Å². The van der Waals surface area contributed by atoms with E-state index in [1.165, 1.54) is 31.9 Å². The van der Waals surface area contributed by atoms with Crippen LogP contribution in [0.4, 0.5) is 5.69 Å². The van der Waals surface area contributed by atoms with Crippen molar-refractivity contribution in [3.8, 4) is 5.75 Å². The van der Waals surface area contributed by atoms with Crippen molar-refractivity contribution in [2.24, 2.45) is 10.9 Å². The molecule has 0 radical (unpaired) electrons. The van der Waals surface area contributed by atoms with Gasteiger partial charge in [0, 0.05) is 64.9 Å². The van der Waals surface area contributed by atoms with Crippen molar-refractivity contribution in [3.63, 3.8) is 0 Å². The lowest BCUT2D eigenvalue weighted by atomic mass is 10.1. The fraction of sp³-hybridized carbons (Fsp3) is 0.696. The Hall–Kier alpha value is -1.99. The second-order valence-electron chi connectivity index (χ2n) is 8.68. The van der Waals surface area contributed by atoms with E-state index < -0.39 is 0 Å². The Morgan fingerprint density at radius 2 is 1.97 bits per heavy atom. The van der Waals surface area contributed by atoms with Crippen LogP contribution in [0.1, 0.15) is 20.3 Å². The summed E-state index contributed by atoms with van der Waals surface area (Å²) in [7, 11) is 3.95. The zero-order chi connectivity index (χ0) is 21.3. The molecule has 0 amide bonds. The van der Waals surface area contributed by atoms with Gasteiger partial charge in [-0.25, -0.2) is 0 Å². The van der Waals surface area contributed by atoms with Gasteiger partial charge in [-0.05, 0) is 38.4 Å². The highest BCUT2D eigenvalue weighted by Crippen LogP contribution is 2.30. The zero-order valence-corrected chi connectivity index (χ0v) is 19.2. The summed E-state index contributed by atoms with van der Waals surface area (Å²) in [6.07, 6.45) is 1.10. The maximum atomic E-state index is 5.54. The van der Waals surface area contributed by atoms with Gasteiger partial charge < -0.3 is 30.1 Å². The molecule has 7 heteroatoms. The third-order valence-corrected chi connectivity index (χ3v) is 6.03. The van der Waals surface area contributed by atoms with Crippen LogP contribution < -0.4 is 20.3 Å². The second kappa shape index (κ2) is 11.4. The maximum Gasteiger partial charge on any atom is 0.191 e. The first-order chi connectivity index (χ1) is 14.6. The van der Waals surface area contributed by atoms with Gasteiger partial charge in [-0.15, -0.1) is 0 Å². The van der Waals surface area contributed by atoms with Gasteiger partial charge in [-0.1, -0.05) is 19.1 Å². The minimum Gasteiger partial charge on any atom is -0.495 e. The van der Waals surface area contributed by atoms with E-state index in [0.717, 1.165) is 50.9 Å². The van der Waals surface area contributed by atoms with E-state index in [4.69, 9.17) is 9.73 Å². The standard InChI is InChI=1S/C23H40N6O/c1-5-24-23(25-16-19(2)17-28-14-12-27(3)13-15-28)26-20-10-11-29(18-20)21-8-6-7-9-22(21)30-4/h6-9,19-20H,5,10-18H2,1-4H3,(H2,24,25,26). The molecule has 0 saturated carbocycles. The van der Waals surface area contributed by atoms with E-state index in [0.29, 0.717) is 12.0 Å². The lowest BCUT2D eigenvalue weighted by Gasteiger charge is -2.33. The Balaban J connectivity index is 1.50. The maximum absolute atomic E-state index is 5.54. The van der Waals surface area contributed by atoms with E-state index in [2.05, 4.69) is 58.4 Å². The Bertz CT molecular complexity index is 673. The number of rotatable bonds is 8. The zero-order valence-electron chi connectivity index (χ0n) is 19.2. The van der Waals surface area contributed by atoms with Crippen molar-refractivity contribution in [2.75, 3.05) is 78.0 Å². The molecule has 3 rings (SSSR count). The summed E-state index contributed by atoms with van der Waals surface area (Å²) in [4.78, 5) is 12.3. The third kappa shape index (κ3) is 6.51. The minimum atomic E-state index is 0.389. The first kappa shape index (κ1) is 22.7. The van der Waals surface area contributed by atoms with Gasteiger partial charge in [0.15, 0.2) is 5.96 Å². The number of para-hydroxylation sites is 2. The fourth-order valence-electron chi connectivity index (χ4n) is 4.28. The summed E-state index contributed by atoms with van der Waals surface area (Å²) in [5.41, 5.74) is 1.17. The Labute approximate surface area is 182 Å². The Kier molecular flexibility index (Phi) is 8.63. The van der Waals surface area contributed by atoms with E-state index in [9.17, 15) is 0 Å². The monoisotopic (exact) mass is 416 g/mol. The summed E-state index contributed by atoms with van der Waals surface area (Å²) in [5, 5.41) is 7.08. The highest BCUT2D eigenvalue weighted by Gasteiger charge is 2.25. The molecule has 0 aliphatic carbocycles. The van der Waals surface area contributed by atoms with Gasteiger partial charge in [-0.2, -0.15) is 0 Å². The minimum absolute atomic E-state index is 0.389. The highest BCUT2D eigenvalue weighted by atomic mass is 16.5. The molecule has 7 nitrogen and oxygen atoms in total. The number of ether oxygens (including phenoxy) is 1. The molecule has 2 aliphatic heterocycles. The summed E-state index contributed by atoms with van der Waals surface area (Å²) in [6, 6.07) is 8.66. The number of nitrogens with one attached hydrogen (secondary N) is 2. The van der Waals surface area contributed by atoms with Gasteiger partial charge in [0.05, 0.1) is 12.8 Å². The van der Waals surface area contributed by atoms with Crippen LogP contribution in [0.25, 0.3) is 0 Å². The molecule has 2 heterocycles. The highest BCUT2D eigenvalue weighted by molar-refractivity contribution is 5.80. The molecule has 1 aromatic carbocycles. The van der Waals surface area contributed by atoms with E-state index in [1.807, 2.05) is 12.1 Å². The van der Waals surface area contributed by atoms with Gasteiger partial charge in [-0.3, -0.25) is 4.99 Å². The van der Waals surface area contributed by atoms with Crippen LogP contribution >= 0.6 is 0 Å². The predicted molar refractivity (Wildman–Crippen MR) is 126 cm³/mol. The molecule has 30 heavy (non-hydrogen) atoms. The molecular formula is C23H40N6O. The molecule has 1 aromatic rings. The largest absolute Gasteiger partial charge is 0.495 e. The molecule has 2 atom stereocenters. The van der Waals surface area contributed by atoms with E-state index >= 15 is 0 Å². The summed E-state index contributed by atoms with van der Waals surface area (Å²) >= 11 is 0. The predicted octanol–water partition coefficient (Wildman–Crippen LogP) is 1.71. The molecule has 0 aromatic heterocycles. The lowest BCUT2D eigenvalue weighted by molar-refractivity contribution is 0.140. The number of hydrogen-bond donors (Lipinski definition) is 2. The number of methoxy groups -OCH3 is 1. The molecule has 0 spiro atoms. The van der Waals surface area contributed by atoms with Gasteiger partial charge in [0.1, 0.15) is 5.75 Å². The number of nitrogens with zero attached hydrogens (tertiary/aromatic N) is 4.